The maximum atomic E-state index is 5.55. The Morgan fingerprint density at radius 2 is 0.909 bits per heavy atom. The fourth-order valence-electron chi connectivity index (χ4n) is 10.7. The Kier molecular flexibility index (Phi) is 8.01. The van der Waals surface area contributed by atoms with Gasteiger partial charge in [0.1, 0.15) is 0 Å². The first-order chi connectivity index (χ1) is 32.7. The summed E-state index contributed by atoms with van der Waals surface area (Å²) in [5, 5.41) is 12.0. The first-order valence-electron chi connectivity index (χ1n) is 22.6. The van der Waals surface area contributed by atoms with Crippen LogP contribution < -0.4 is 0 Å². The van der Waals surface area contributed by atoms with Crippen LogP contribution in [0.2, 0.25) is 0 Å². The zero-order chi connectivity index (χ0) is 43.3. The molecule has 306 valence electrons. The summed E-state index contributed by atoms with van der Waals surface area (Å²) in [6.07, 6.45) is 0.818. The quantitative estimate of drug-likeness (QED) is 0.173. The van der Waals surface area contributed by atoms with Gasteiger partial charge in [0, 0.05) is 27.5 Å². The third kappa shape index (κ3) is 5.68. The first kappa shape index (κ1) is 36.7. The Hall–Kier alpha value is -8.73. The number of fused-ring (bicyclic) bond motifs is 12. The molecular formula is C62H38N4. The van der Waals surface area contributed by atoms with Crippen LogP contribution in [0.5, 0.6) is 0 Å². The van der Waals surface area contributed by atoms with Gasteiger partial charge >= 0.3 is 0 Å². The van der Waals surface area contributed by atoms with Crippen molar-refractivity contribution in [2.75, 3.05) is 0 Å². The molecule has 4 heteroatoms. The van der Waals surface area contributed by atoms with Gasteiger partial charge < -0.3 is 4.57 Å². The summed E-state index contributed by atoms with van der Waals surface area (Å²) in [5.74, 6) is 1.89. The minimum atomic E-state index is 0.626. The highest BCUT2D eigenvalue weighted by Gasteiger charge is 2.28. The van der Waals surface area contributed by atoms with E-state index in [-0.39, 0.29) is 0 Å². The topological polar surface area (TPSA) is 43.6 Å². The second kappa shape index (κ2) is 14.4. The van der Waals surface area contributed by atoms with E-state index in [0.717, 1.165) is 61.7 Å². The molecule has 0 amide bonds. The molecule has 11 aromatic carbocycles. The van der Waals surface area contributed by atoms with Gasteiger partial charge in [0.25, 0.3) is 0 Å². The molecule has 0 saturated heterocycles. The van der Waals surface area contributed by atoms with E-state index in [2.05, 4.69) is 223 Å². The lowest BCUT2D eigenvalue weighted by Crippen LogP contribution is -2.05. The van der Waals surface area contributed by atoms with Crippen LogP contribution in [0.25, 0.3) is 127 Å². The molecule has 66 heavy (non-hydrogen) atoms. The van der Waals surface area contributed by atoms with E-state index in [1.165, 1.54) is 65.3 Å². The SMILES string of the molecule is c1ccc(-c2cccc(-c3nc(-c4cc5c(cc4-n4c6cc7ccccc7cc6c6c7ccccc7ccc64)-c4c(ccc6ccccc46)C5)nc(-c4cccc5ccccc45)n3)c2)cc1. The summed E-state index contributed by atoms with van der Waals surface area (Å²) < 4.78 is 2.49. The zero-order valence-electron chi connectivity index (χ0n) is 35.8. The molecule has 0 bridgehead atoms. The van der Waals surface area contributed by atoms with E-state index in [9.17, 15) is 0 Å². The number of hydrogen-bond acceptors (Lipinski definition) is 3. The molecule has 0 unspecified atom stereocenters. The van der Waals surface area contributed by atoms with Crippen molar-refractivity contribution in [1.82, 2.24) is 19.5 Å². The number of hydrogen-bond donors (Lipinski definition) is 0. The van der Waals surface area contributed by atoms with Gasteiger partial charge in [0.15, 0.2) is 17.5 Å². The van der Waals surface area contributed by atoms with Gasteiger partial charge in [-0.1, -0.05) is 182 Å². The normalized spacial score (nSPS) is 12.2. The highest BCUT2D eigenvalue weighted by atomic mass is 15.1. The molecule has 0 N–H and O–H groups in total. The van der Waals surface area contributed by atoms with E-state index in [1.54, 1.807) is 0 Å². The molecule has 13 aromatic rings. The standard InChI is InChI=1S/C62H38N4/c1-2-14-38(15-3-1)42-22-12-23-46(32-42)60-63-61(51-27-13-21-39-16-6-9-24-48(39)51)65-62(64-60)54-35-47-33-45-29-28-40-17-7-10-25-49(40)58(45)52(47)37-57(54)66-55-31-30-41-18-8-11-26-50(41)59(55)53-34-43-19-4-5-20-44(43)36-56(53)66/h1-32,34-37H,33H2. The molecule has 2 heterocycles. The van der Waals surface area contributed by atoms with Crippen molar-refractivity contribution in [2.45, 2.75) is 6.42 Å². The van der Waals surface area contributed by atoms with Crippen molar-refractivity contribution in [3.8, 4) is 62.1 Å². The molecular weight excluding hydrogens is 801 g/mol. The zero-order valence-corrected chi connectivity index (χ0v) is 35.8. The maximum absolute atomic E-state index is 5.55. The fourth-order valence-corrected chi connectivity index (χ4v) is 10.7. The Bertz CT molecular complexity index is 4140. The Morgan fingerprint density at radius 3 is 1.73 bits per heavy atom. The molecule has 0 spiro atoms. The summed E-state index contributed by atoms with van der Waals surface area (Å²) in [7, 11) is 0. The minimum absolute atomic E-state index is 0.626. The van der Waals surface area contributed by atoms with Crippen LogP contribution in [0.15, 0.2) is 218 Å². The number of rotatable bonds is 5. The van der Waals surface area contributed by atoms with Crippen LogP contribution in [-0.4, -0.2) is 19.5 Å². The van der Waals surface area contributed by atoms with Crippen LogP contribution in [0.1, 0.15) is 11.1 Å². The molecule has 0 fully saturated rings. The summed E-state index contributed by atoms with van der Waals surface area (Å²) >= 11 is 0. The number of aromatic nitrogens is 4. The van der Waals surface area contributed by atoms with E-state index in [0.29, 0.717) is 17.5 Å². The van der Waals surface area contributed by atoms with Gasteiger partial charge in [0.05, 0.1) is 16.7 Å². The second-order valence-electron chi connectivity index (χ2n) is 17.5. The molecule has 14 rings (SSSR count). The lowest BCUT2D eigenvalue weighted by atomic mass is 9.96. The van der Waals surface area contributed by atoms with Crippen LogP contribution in [0, 0.1) is 0 Å². The van der Waals surface area contributed by atoms with Crippen molar-refractivity contribution in [1.29, 1.82) is 0 Å². The minimum Gasteiger partial charge on any atom is -0.308 e. The number of nitrogens with zero attached hydrogens (tertiary/aromatic N) is 4. The smallest absolute Gasteiger partial charge is 0.166 e. The van der Waals surface area contributed by atoms with Crippen LogP contribution >= 0.6 is 0 Å². The lowest BCUT2D eigenvalue weighted by Gasteiger charge is -2.18. The summed E-state index contributed by atoms with van der Waals surface area (Å²) in [5.41, 5.74) is 13.5. The predicted molar refractivity (Wildman–Crippen MR) is 274 cm³/mol. The van der Waals surface area contributed by atoms with Gasteiger partial charge in [-0.15, -0.1) is 0 Å². The van der Waals surface area contributed by atoms with Crippen LogP contribution in [-0.2, 0) is 6.42 Å². The van der Waals surface area contributed by atoms with Crippen LogP contribution in [0.4, 0.5) is 0 Å². The fraction of sp³-hybridized carbons (Fsp3) is 0.0161. The second-order valence-corrected chi connectivity index (χ2v) is 17.5. The van der Waals surface area contributed by atoms with E-state index in [1.807, 2.05) is 0 Å². The van der Waals surface area contributed by atoms with E-state index >= 15 is 0 Å². The molecule has 0 atom stereocenters. The molecule has 1 aliphatic rings. The molecule has 0 radical (unpaired) electrons. The van der Waals surface area contributed by atoms with Crippen molar-refractivity contribution in [2.24, 2.45) is 0 Å². The van der Waals surface area contributed by atoms with E-state index in [4.69, 9.17) is 15.0 Å². The highest BCUT2D eigenvalue weighted by Crippen LogP contribution is 2.47. The Morgan fingerprint density at radius 1 is 0.318 bits per heavy atom. The molecule has 4 nitrogen and oxygen atoms in total. The van der Waals surface area contributed by atoms with Gasteiger partial charge in [-0.2, -0.15) is 0 Å². The van der Waals surface area contributed by atoms with Crippen molar-refractivity contribution in [3.05, 3.63) is 230 Å². The molecule has 2 aromatic heterocycles. The molecule has 0 aliphatic heterocycles. The maximum Gasteiger partial charge on any atom is 0.166 e. The number of benzene rings is 11. The van der Waals surface area contributed by atoms with Gasteiger partial charge in [-0.25, -0.2) is 15.0 Å². The summed E-state index contributed by atoms with van der Waals surface area (Å²) in [6, 6.07) is 79.0. The predicted octanol–water partition coefficient (Wildman–Crippen LogP) is 15.8. The first-order valence-corrected chi connectivity index (χ1v) is 22.6. The average Bonchev–Trinajstić information content (AvgIpc) is 3.92. The van der Waals surface area contributed by atoms with Gasteiger partial charge in [0.2, 0.25) is 0 Å². The van der Waals surface area contributed by atoms with Crippen molar-refractivity contribution < 1.29 is 0 Å². The molecule has 1 aliphatic carbocycles. The largest absolute Gasteiger partial charge is 0.308 e. The lowest BCUT2D eigenvalue weighted by molar-refractivity contribution is 1.06. The average molecular weight is 839 g/mol. The van der Waals surface area contributed by atoms with Gasteiger partial charge in [-0.05, 0) is 119 Å². The van der Waals surface area contributed by atoms with Gasteiger partial charge in [-0.3, -0.25) is 0 Å². The van der Waals surface area contributed by atoms with E-state index < -0.39 is 0 Å². The summed E-state index contributed by atoms with van der Waals surface area (Å²) in [4.78, 5) is 16.4. The molecule has 0 saturated carbocycles. The third-order valence-electron chi connectivity index (χ3n) is 13.8. The summed E-state index contributed by atoms with van der Waals surface area (Å²) in [6.45, 7) is 0. The monoisotopic (exact) mass is 838 g/mol. The Balaban J connectivity index is 1.11. The van der Waals surface area contributed by atoms with Crippen molar-refractivity contribution >= 4 is 64.9 Å². The van der Waals surface area contributed by atoms with Crippen molar-refractivity contribution in [3.63, 3.8) is 0 Å². The Labute approximate surface area is 380 Å². The third-order valence-corrected chi connectivity index (χ3v) is 13.8. The highest BCUT2D eigenvalue weighted by molar-refractivity contribution is 6.23. The van der Waals surface area contributed by atoms with Crippen LogP contribution in [0.3, 0.4) is 0 Å².